The van der Waals surface area contributed by atoms with Gasteiger partial charge in [0.1, 0.15) is 0 Å². The Hall–Kier alpha value is 0.392. The molecule has 0 rings (SSSR count). The second-order valence-electron chi connectivity index (χ2n) is 7.51. The molecular weight excluding hydrogens is 409 g/mol. The second-order valence-corrected chi connectivity index (χ2v) is 7.51. The van der Waals surface area contributed by atoms with Crippen LogP contribution in [-0.2, 0) is 32.1 Å². The summed E-state index contributed by atoms with van der Waals surface area (Å²) in [5, 5.41) is 8.56. The van der Waals surface area contributed by atoms with Gasteiger partial charge in [-0.1, -0.05) is 122 Å². The van der Waals surface area contributed by atoms with Crippen molar-refractivity contribution in [3.8, 4) is 0 Å². The van der Waals surface area contributed by atoms with Gasteiger partial charge in [-0.3, -0.25) is 4.79 Å². The van der Waals surface area contributed by atoms with E-state index in [9.17, 15) is 4.79 Å². The SMILES string of the molecule is CCCCCCCCCCCCCCCCCCCCCC(=O)O.[Cd]. The van der Waals surface area contributed by atoms with Gasteiger partial charge in [-0.05, 0) is 6.42 Å². The van der Waals surface area contributed by atoms with Crippen molar-refractivity contribution in [3.05, 3.63) is 0 Å². The van der Waals surface area contributed by atoms with Gasteiger partial charge in [0.15, 0.2) is 0 Å². The molecule has 0 atom stereocenters. The van der Waals surface area contributed by atoms with Crippen molar-refractivity contribution in [2.24, 2.45) is 0 Å². The van der Waals surface area contributed by atoms with Crippen molar-refractivity contribution < 1.29 is 37.2 Å². The van der Waals surface area contributed by atoms with E-state index in [1.807, 2.05) is 0 Å². The largest absolute Gasteiger partial charge is 0.481 e. The maximum absolute atomic E-state index is 10.4. The van der Waals surface area contributed by atoms with Gasteiger partial charge in [0.25, 0.3) is 0 Å². The van der Waals surface area contributed by atoms with Crippen LogP contribution in [0.25, 0.3) is 0 Å². The Labute approximate surface area is 178 Å². The topological polar surface area (TPSA) is 37.3 Å². The molecule has 0 aromatic carbocycles. The first-order valence-corrected chi connectivity index (χ1v) is 11.0. The third kappa shape index (κ3) is 26.7. The van der Waals surface area contributed by atoms with E-state index in [2.05, 4.69) is 6.92 Å². The summed E-state index contributed by atoms with van der Waals surface area (Å²) in [6, 6.07) is 0. The fourth-order valence-electron chi connectivity index (χ4n) is 3.35. The van der Waals surface area contributed by atoms with Crippen LogP contribution in [-0.4, -0.2) is 11.1 Å². The molecule has 1 N–H and O–H groups in total. The average Bonchev–Trinajstić information content (AvgIpc) is 2.56. The Bertz CT molecular complexity index is 256. The number of rotatable bonds is 20. The van der Waals surface area contributed by atoms with Crippen molar-refractivity contribution >= 4 is 5.97 Å². The van der Waals surface area contributed by atoms with Gasteiger partial charge >= 0.3 is 5.97 Å². The van der Waals surface area contributed by atoms with E-state index < -0.39 is 5.97 Å². The van der Waals surface area contributed by atoms with Crippen molar-refractivity contribution in [3.63, 3.8) is 0 Å². The van der Waals surface area contributed by atoms with Crippen molar-refractivity contribution in [2.45, 2.75) is 135 Å². The molecule has 0 aliphatic carbocycles. The molecule has 0 fully saturated rings. The Kier molecular flexibility index (Phi) is 26.9. The molecule has 25 heavy (non-hydrogen) atoms. The summed E-state index contributed by atoms with van der Waals surface area (Å²) in [7, 11) is 0. The van der Waals surface area contributed by atoms with E-state index in [0.29, 0.717) is 6.42 Å². The maximum Gasteiger partial charge on any atom is 0.303 e. The molecule has 0 heterocycles. The number of aliphatic carboxylic acids is 1. The molecule has 2 nitrogen and oxygen atoms in total. The molecule has 3 heteroatoms. The molecule has 0 aromatic heterocycles. The third-order valence-corrected chi connectivity index (χ3v) is 4.99. The predicted molar refractivity (Wildman–Crippen MR) is 106 cm³/mol. The van der Waals surface area contributed by atoms with Crippen molar-refractivity contribution in [1.82, 2.24) is 0 Å². The van der Waals surface area contributed by atoms with E-state index in [1.165, 1.54) is 109 Å². The molecule has 0 saturated carbocycles. The van der Waals surface area contributed by atoms with Gasteiger partial charge in [0, 0.05) is 33.7 Å². The first kappa shape index (κ1) is 27.6. The summed E-state index contributed by atoms with van der Waals surface area (Å²) in [5.41, 5.74) is 0. The zero-order chi connectivity index (χ0) is 17.7. The minimum atomic E-state index is -0.651. The van der Waals surface area contributed by atoms with Crippen LogP contribution in [0.15, 0.2) is 0 Å². The monoisotopic (exact) mass is 454 g/mol. The molecule has 0 spiro atoms. The fourth-order valence-corrected chi connectivity index (χ4v) is 3.35. The number of hydrogen-bond acceptors (Lipinski definition) is 1. The zero-order valence-electron chi connectivity index (χ0n) is 17.2. The number of carboxylic acids is 1. The van der Waals surface area contributed by atoms with Crippen LogP contribution in [0.1, 0.15) is 135 Å². The van der Waals surface area contributed by atoms with Crippen LogP contribution in [0, 0.1) is 0 Å². The maximum atomic E-state index is 10.4. The zero-order valence-corrected chi connectivity index (χ0v) is 21.2. The average molecular weight is 453 g/mol. The summed E-state index contributed by atoms with van der Waals surface area (Å²) in [6.45, 7) is 2.28. The standard InChI is InChI=1S/C22H44O2.Cd/c1-2-3-4-5-6-7-8-9-10-11-12-13-14-15-16-17-18-19-20-21-22(23)24;/h2-21H2,1H3,(H,23,24);. The van der Waals surface area contributed by atoms with Gasteiger partial charge in [0.2, 0.25) is 0 Å². The minimum absolute atomic E-state index is 0. The number of unbranched alkanes of at least 4 members (excludes halogenated alkanes) is 18. The number of carbonyl (C=O) groups is 1. The number of carboxylic acid groups (broad SMARTS) is 1. The predicted octanol–water partition coefficient (Wildman–Crippen LogP) is 7.89. The second kappa shape index (κ2) is 24.4. The Morgan fingerprint density at radius 2 is 0.760 bits per heavy atom. The molecule has 146 valence electrons. The molecule has 0 aromatic rings. The Morgan fingerprint density at radius 1 is 0.520 bits per heavy atom. The van der Waals surface area contributed by atoms with Crippen molar-refractivity contribution in [1.29, 1.82) is 0 Å². The normalized spacial score (nSPS) is 10.6. The van der Waals surface area contributed by atoms with Gasteiger partial charge in [-0.25, -0.2) is 0 Å². The Balaban J connectivity index is 0. The molecule has 0 radical (unpaired) electrons. The smallest absolute Gasteiger partial charge is 0.303 e. The summed E-state index contributed by atoms with van der Waals surface area (Å²) in [6.07, 6.45) is 26.1. The summed E-state index contributed by atoms with van der Waals surface area (Å²) >= 11 is 0. The van der Waals surface area contributed by atoms with Crippen LogP contribution < -0.4 is 0 Å². The van der Waals surface area contributed by atoms with Crippen LogP contribution in [0.3, 0.4) is 0 Å². The number of hydrogen-bond donors (Lipinski definition) is 1. The molecule has 0 unspecified atom stereocenters. The first-order chi connectivity index (χ1) is 11.8. The molecule has 0 amide bonds. The van der Waals surface area contributed by atoms with Gasteiger partial charge in [-0.15, -0.1) is 0 Å². The molecule has 0 aliphatic heterocycles. The van der Waals surface area contributed by atoms with E-state index in [0.717, 1.165) is 12.8 Å². The summed E-state index contributed by atoms with van der Waals surface area (Å²) < 4.78 is 0. The molecule has 0 saturated heterocycles. The van der Waals surface area contributed by atoms with Crippen molar-refractivity contribution in [2.75, 3.05) is 0 Å². The van der Waals surface area contributed by atoms with Gasteiger partial charge in [-0.2, -0.15) is 0 Å². The summed E-state index contributed by atoms with van der Waals surface area (Å²) in [5.74, 6) is -0.651. The van der Waals surface area contributed by atoms with Crippen LogP contribution in [0.4, 0.5) is 0 Å². The first-order valence-electron chi connectivity index (χ1n) is 11.0. The van der Waals surface area contributed by atoms with E-state index in [4.69, 9.17) is 5.11 Å². The van der Waals surface area contributed by atoms with Crippen LogP contribution >= 0.6 is 0 Å². The summed E-state index contributed by atoms with van der Waals surface area (Å²) in [4.78, 5) is 10.4. The Morgan fingerprint density at radius 3 is 1.00 bits per heavy atom. The fraction of sp³-hybridized carbons (Fsp3) is 0.955. The third-order valence-electron chi connectivity index (χ3n) is 4.99. The quantitative estimate of drug-likeness (QED) is 0.150. The molecule has 0 bridgehead atoms. The van der Waals surface area contributed by atoms with Gasteiger partial charge < -0.3 is 5.11 Å². The molecular formula is C22H44CdO2. The van der Waals surface area contributed by atoms with Gasteiger partial charge in [0.05, 0.1) is 0 Å². The van der Waals surface area contributed by atoms with Crippen LogP contribution in [0.2, 0.25) is 0 Å². The van der Waals surface area contributed by atoms with E-state index in [1.54, 1.807) is 0 Å². The molecule has 0 aliphatic rings. The van der Waals surface area contributed by atoms with E-state index in [-0.39, 0.29) is 27.3 Å². The van der Waals surface area contributed by atoms with Crippen LogP contribution in [0.5, 0.6) is 0 Å². The minimum Gasteiger partial charge on any atom is -0.481 e. The van der Waals surface area contributed by atoms with E-state index >= 15 is 0 Å².